The molecule has 98 valence electrons. The van der Waals surface area contributed by atoms with Crippen molar-refractivity contribution in [1.82, 2.24) is 10.2 Å². The Morgan fingerprint density at radius 3 is 1.81 bits per heavy atom. The van der Waals surface area contributed by atoms with Crippen LogP contribution < -0.4 is 5.32 Å². The molecule has 0 aromatic carbocycles. The Morgan fingerprint density at radius 1 is 0.938 bits per heavy atom. The fraction of sp³-hybridized carbons (Fsp3) is 1.00. The van der Waals surface area contributed by atoms with E-state index in [1.165, 1.54) is 6.42 Å². The van der Waals surface area contributed by atoms with Crippen LogP contribution in [0.15, 0.2) is 0 Å². The molecular formula is C14H32N2. The van der Waals surface area contributed by atoms with Crippen LogP contribution in [0.3, 0.4) is 0 Å². The van der Waals surface area contributed by atoms with Crippen LogP contribution in [0.25, 0.3) is 0 Å². The first-order chi connectivity index (χ1) is 7.24. The molecule has 0 spiro atoms. The molecule has 0 unspecified atom stereocenters. The molecule has 2 heteroatoms. The molecule has 0 aromatic heterocycles. The van der Waals surface area contributed by atoms with Crippen molar-refractivity contribution in [3.63, 3.8) is 0 Å². The van der Waals surface area contributed by atoms with E-state index in [0.29, 0.717) is 17.5 Å². The Balaban J connectivity index is 3.64. The van der Waals surface area contributed by atoms with Gasteiger partial charge in [-0.3, -0.25) is 4.90 Å². The molecule has 0 aromatic rings. The highest BCUT2D eigenvalue weighted by Gasteiger charge is 2.12. The van der Waals surface area contributed by atoms with Crippen LogP contribution in [-0.2, 0) is 0 Å². The maximum Gasteiger partial charge on any atom is 0.0112 e. The van der Waals surface area contributed by atoms with Crippen LogP contribution in [0, 0.1) is 5.41 Å². The predicted octanol–water partition coefficient (Wildman–Crippen LogP) is 3.13. The largest absolute Gasteiger partial charge is 0.315 e. The molecule has 0 fully saturated rings. The Kier molecular flexibility index (Phi) is 7.25. The van der Waals surface area contributed by atoms with Gasteiger partial charge in [0.25, 0.3) is 0 Å². The highest BCUT2D eigenvalue weighted by Crippen LogP contribution is 2.16. The van der Waals surface area contributed by atoms with E-state index in [-0.39, 0.29) is 0 Å². The van der Waals surface area contributed by atoms with Gasteiger partial charge in [0.1, 0.15) is 0 Å². The van der Waals surface area contributed by atoms with Gasteiger partial charge in [-0.1, -0.05) is 20.8 Å². The second kappa shape index (κ2) is 7.29. The van der Waals surface area contributed by atoms with E-state index in [1.807, 2.05) is 0 Å². The second-order valence-electron chi connectivity index (χ2n) is 6.49. The normalized spacial score (nSPS) is 13.1. The van der Waals surface area contributed by atoms with Gasteiger partial charge < -0.3 is 5.32 Å². The lowest BCUT2D eigenvalue weighted by Gasteiger charge is -2.30. The predicted molar refractivity (Wildman–Crippen MR) is 73.9 cm³/mol. The Bertz CT molecular complexity index is 160. The summed E-state index contributed by atoms with van der Waals surface area (Å²) < 4.78 is 0. The number of nitrogens with zero attached hydrogens (tertiary/aromatic N) is 1. The van der Waals surface area contributed by atoms with Crippen molar-refractivity contribution in [2.24, 2.45) is 5.41 Å². The van der Waals surface area contributed by atoms with Crippen molar-refractivity contribution in [3.05, 3.63) is 0 Å². The molecule has 0 saturated heterocycles. The maximum absolute atomic E-state index is 3.54. The lowest BCUT2D eigenvalue weighted by atomic mass is 9.92. The average molecular weight is 228 g/mol. The molecule has 1 N–H and O–H groups in total. The molecule has 0 atom stereocenters. The molecule has 0 aliphatic heterocycles. The minimum Gasteiger partial charge on any atom is -0.315 e. The van der Waals surface area contributed by atoms with Gasteiger partial charge in [0.15, 0.2) is 0 Å². The number of rotatable bonds is 7. The summed E-state index contributed by atoms with van der Waals surface area (Å²) in [4.78, 5) is 2.53. The van der Waals surface area contributed by atoms with Gasteiger partial charge in [-0.2, -0.15) is 0 Å². The van der Waals surface area contributed by atoms with Gasteiger partial charge >= 0.3 is 0 Å². The number of hydrogen-bond donors (Lipinski definition) is 1. The minimum absolute atomic E-state index is 0.447. The van der Waals surface area contributed by atoms with Gasteiger partial charge in [0, 0.05) is 25.2 Å². The third-order valence-corrected chi connectivity index (χ3v) is 2.93. The molecule has 16 heavy (non-hydrogen) atoms. The Morgan fingerprint density at radius 2 is 1.44 bits per heavy atom. The average Bonchev–Trinajstić information content (AvgIpc) is 2.07. The minimum atomic E-state index is 0.447. The molecule has 0 amide bonds. The third-order valence-electron chi connectivity index (χ3n) is 2.93. The molecule has 2 nitrogen and oxygen atoms in total. The fourth-order valence-corrected chi connectivity index (χ4v) is 1.91. The summed E-state index contributed by atoms with van der Waals surface area (Å²) in [5.41, 5.74) is 0.447. The molecule has 0 saturated carbocycles. The van der Waals surface area contributed by atoms with Gasteiger partial charge in [0.05, 0.1) is 0 Å². The van der Waals surface area contributed by atoms with Crippen LogP contribution in [0.5, 0.6) is 0 Å². The van der Waals surface area contributed by atoms with Gasteiger partial charge in [-0.05, 0) is 46.1 Å². The highest BCUT2D eigenvalue weighted by atomic mass is 15.2. The van der Waals surface area contributed by atoms with E-state index in [9.17, 15) is 0 Å². The number of hydrogen-bond acceptors (Lipinski definition) is 2. The summed E-state index contributed by atoms with van der Waals surface area (Å²) >= 11 is 0. The van der Waals surface area contributed by atoms with Crippen molar-refractivity contribution in [1.29, 1.82) is 0 Å². The lowest BCUT2D eigenvalue weighted by Crippen LogP contribution is -2.41. The zero-order valence-electron chi connectivity index (χ0n) is 12.4. The van der Waals surface area contributed by atoms with E-state index in [2.05, 4.69) is 58.7 Å². The maximum atomic E-state index is 3.54. The van der Waals surface area contributed by atoms with Crippen LogP contribution >= 0.6 is 0 Å². The van der Waals surface area contributed by atoms with Crippen LogP contribution in [0.4, 0.5) is 0 Å². The first-order valence-corrected chi connectivity index (χ1v) is 6.70. The summed E-state index contributed by atoms with van der Waals surface area (Å²) in [6.07, 6.45) is 1.25. The summed E-state index contributed by atoms with van der Waals surface area (Å²) in [5.74, 6) is 0. The lowest BCUT2D eigenvalue weighted by molar-refractivity contribution is 0.175. The van der Waals surface area contributed by atoms with E-state index < -0.39 is 0 Å². The van der Waals surface area contributed by atoms with Crippen molar-refractivity contribution in [2.75, 3.05) is 19.6 Å². The molecule has 0 radical (unpaired) electrons. The quantitative estimate of drug-likeness (QED) is 0.674. The molecule has 0 bridgehead atoms. The van der Waals surface area contributed by atoms with Crippen LogP contribution in [0.2, 0.25) is 0 Å². The third kappa shape index (κ3) is 8.12. The summed E-state index contributed by atoms with van der Waals surface area (Å²) in [6.45, 7) is 19.4. The van der Waals surface area contributed by atoms with E-state index in [1.54, 1.807) is 0 Å². The highest BCUT2D eigenvalue weighted by molar-refractivity contribution is 4.69. The van der Waals surface area contributed by atoms with Crippen molar-refractivity contribution < 1.29 is 0 Å². The summed E-state index contributed by atoms with van der Waals surface area (Å²) in [6, 6.07) is 1.29. The molecular weight excluding hydrogens is 196 g/mol. The van der Waals surface area contributed by atoms with Gasteiger partial charge in [-0.25, -0.2) is 0 Å². The first-order valence-electron chi connectivity index (χ1n) is 6.70. The topological polar surface area (TPSA) is 15.3 Å². The fourth-order valence-electron chi connectivity index (χ4n) is 1.91. The SMILES string of the molecule is CC(C)N(CCNCCC(C)(C)C)C(C)C. The molecule has 0 rings (SSSR count). The standard InChI is InChI=1S/C14H32N2/c1-12(2)16(13(3)4)11-10-15-9-8-14(5,6)7/h12-13,15H,8-11H2,1-7H3. The zero-order chi connectivity index (χ0) is 12.8. The van der Waals surface area contributed by atoms with Crippen LogP contribution in [0.1, 0.15) is 54.9 Å². The van der Waals surface area contributed by atoms with Gasteiger partial charge in [-0.15, -0.1) is 0 Å². The van der Waals surface area contributed by atoms with Crippen molar-refractivity contribution in [2.45, 2.75) is 67.0 Å². The Labute approximate surface area is 103 Å². The molecule has 0 heterocycles. The van der Waals surface area contributed by atoms with Crippen molar-refractivity contribution >= 4 is 0 Å². The van der Waals surface area contributed by atoms with Crippen molar-refractivity contribution in [3.8, 4) is 0 Å². The smallest absolute Gasteiger partial charge is 0.0112 e. The Hall–Kier alpha value is -0.0800. The summed E-state index contributed by atoms with van der Waals surface area (Å²) in [5, 5.41) is 3.54. The monoisotopic (exact) mass is 228 g/mol. The van der Waals surface area contributed by atoms with E-state index in [0.717, 1.165) is 19.6 Å². The molecule has 0 aliphatic rings. The molecule has 0 aliphatic carbocycles. The van der Waals surface area contributed by atoms with Crippen LogP contribution in [-0.4, -0.2) is 36.6 Å². The van der Waals surface area contributed by atoms with E-state index >= 15 is 0 Å². The second-order valence-corrected chi connectivity index (χ2v) is 6.49. The van der Waals surface area contributed by atoms with E-state index in [4.69, 9.17) is 0 Å². The zero-order valence-corrected chi connectivity index (χ0v) is 12.4. The first kappa shape index (κ1) is 15.9. The van der Waals surface area contributed by atoms with Gasteiger partial charge in [0.2, 0.25) is 0 Å². The summed E-state index contributed by atoms with van der Waals surface area (Å²) in [7, 11) is 0. The number of nitrogens with one attached hydrogen (secondary N) is 1.